The van der Waals surface area contributed by atoms with Crippen LogP contribution in [0.4, 0.5) is 5.69 Å². The van der Waals surface area contributed by atoms with Crippen molar-refractivity contribution in [3.05, 3.63) is 95.1 Å². The Labute approximate surface area is 287 Å². The Hall–Kier alpha value is -4.90. The summed E-state index contributed by atoms with van der Waals surface area (Å²) in [5.41, 5.74) is 9.84. The maximum atomic E-state index is 14.1. The van der Waals surface area contributed by atoms with Crippen LogP contribution in [0, 0.1) is 12.8 Å². The zero-order valence-electron chi connectivity index (χ0n) is 28.3. The van der Waals surface area contributed by atoms with Gasteiger partial charge in [0.15, 0.2) is 6.10 Å². The smallest absolute Gasteiger partial charge is 0.254 e. The van der Waals surface area contributed by atoms with E-state index in [9.17, 15) is 19.2 Å². The van der Waals surface area contributed by atoms with Gasteiger partial charge in [-0.2, -0.15) is 0 Å². The largest absolute Gasteiger partial charge is 0.494 e. The van der Waals surface area contributed by atoms with Crippen molar-refractivity contribution in [2.45, 2.75) is 70.2 Å². The highest BCUT2D eigenvalue weighted by atomic mass is 16.5. The van der Waals surface area contributed by atoms with Gasteiger partial charge >= 0.3 is 0 Å². The van der Waals surface area contributed by atoms with Crippen LogP contribution >= 0.6 is 0 Å². The molecule has 0 aliphatic carbocycles. The van der Waals surface area contributed by atoms with Gasteiger partial charge in [-0.15, -0.1) is 0 Å². The zero-order chi connectivity index (χ0) is 34.8. The molecule has 1 fully saturated rings. The predicted octanol–water partition coefficient (Wildman–Crippen LogP) is 3.59. The number of hydrogen-bond donors (Lipinski definition) is 4. The molecule has 1 saturated heterocycles. The molecule has 11 nitrogen and oxygen atoms in total. The van der Waals surface area contributed by atoms with Crippen molar-refractivity contribution < 1.29 is 28.7 Å². The quantitative estimate of drug-likeness (QED) is 0.281. The van der Waals surface area contributed by atoms with Crippen molar-refractivity contribution in [2.24, 2.45) is 5.92 Å². The van der Waals surface area contributed by atoms with Crippen LogP contribution in [0.2, 0.25) is 0 Å². The van der Waals surface area contributed by atoms with E-state index in [2.05, 4.69) is 16.0 Å². The second-order valence-corrected chi connectivity index (χ2v) is 12.9. The molecule has 3 aromatic carbocycles. The lowest BCUT2D eigenvalue weighted by Crippen LogP contribution is -2.56. The van der Waals surface area contributed by atoms with E-state index in [-0.39, 0.29) is 30.7 Å². The normalized spacial score (nSPS) is 21.3. The van der Waals surface area contributed by atoms with Crippen molar-refractivity contribution in [1.29, 1.82) is 0 Å². The minimum Gasteiger partial charge on any atom is -0.494 e. The molecule has 3 aromatic rings. The van der Waals surface area contributed by atoms with Crippen LogP contribution in [-0.4, -0.2) is 67.4 Å². The summed E-state index contributed by atoms with van der Waals surface area (Å²) >= 11 is 0. The number of fused-ring (bicyclic) bond motifs is 4. The molecule has 260 valence electrons. The molecule has 49 heavy (non-hydrogen) atoms. The number of piperidine rings is 1. The highest BCUT2D eigenvalue weighted by molar-refractivity contribution is 5.95. The Kier molecular flexibility index (Phi) is 12.3. The third kappa shape index (κ3) is 9.82. The third-order valence-electron chi connectivity index (χ3n) is 9.36. The predicted molar refractivity (Wildman–Crippen MR) is 186 cm³/mol. The van der Waals surface area contributed by atoms with Crippen LogP contribution < -0.4 is 26.4 Å². The van der Waals surface area contributed by atoms with Gasteiger partial charge in [0.25, 0.3) is 5.91 Å². The third-order valence-corrected chi connectivity index (χ3v) is 9.36. The molecule has 0 aromatic heterocycles. The van der Waals surface area contributed by atoms with Gasteiger partial charge < -0.3 is 36.1 Å². The highest BCUT2D eigenvalue weighted by Crippen LogP contribution is 2.24. The Balaban J connectivity index is 1.43. The molecule has 5 rings (SSSR count). The number of nitrogens with one attached hydrogen (secondary N) is 3. The summed E-state index contributed by atoms with van der Waals surface area (Å²) < 4.78 is 11.6. The van der Waals surface area contributed by atoms with Gasteiger partial charge in [-0.1, -0.05) is 48.5 Å². The second-order valence-electron chi connectivity index (χ2n) is 12.9. The number of hydrogen-bond acceptors (Lipinski definition) is 7. The first kappa shape index (κ1) is 35.4. The van der Waals surface area contributed by atoms with E-state index in [0.29, 0.717) is 43.8 Å². The molecule has 4 amide bonds. The van der Waals surface area contributed by atoms with Crippen LogP contribution in [0.15, 0.2) is 72.8 Å². The standard InChI is InChI=1S/C38H47N5O6/c1-25-10-16-31-21-29(25)23-40-36(45)32(17-11-26-7-4-3-5-8-26)41-37(46)33(22-34(44)43-19-6-9-27(24-43)18-20-49-31)42-38(47)35(48-2)28-12-14-30(39)15-13-28/h3-5,7-8,10,12-16,21,27,32-33,35H,6,9,11,17-20,22-24,39H2,1-2H3,(H,40,45)(H,41,46)(H,42,47)/t27?,32-,33-,35?/m0/s1. The first-order chi connectivity index (χ1) is 23.7. The van der Waals surface area contributed by atoms with Gasteiger partial charge in [0.2, 0.25) is 17.7 Å². The summed E-state index contributed by atoms with van der Waals surface area (Å²) in [6, 6.07) is 20.0. The van der Waals surface area contributed by atoms with Gasteiger partial charge in [0.1, 0.15) is 17.8 Å². The van der Waals surface area contributed by atoms with Crippen molar-refractivity contribution >= 4 is 29.3 Å². The molecule has 0 spiro atoms. The SMILES string of the molecule is COC(C(=O)N[C@H]1CC(=O)N2CCCC(CCOc3ccc(C)c(c3)CNC(=O)[C@H](CCc3ccccc3)NC1=O)C2)c1ccc(N)cc1. The van der Waals surface area contributed by atoms with Crippen molar-refractivity contribution in [1.82, 2.24) is 20.9 Å². The molecule has 4 bridgehead atoms. The van der Waals surface area contributed by atoms with Crippen LogP contribution in [0.5, 0.6) is 5.75 Å². The molecule has 5 N–H and O–H groups in total. The number of anilines is 1. The van der Waals surface area contributed by atoms with E-state index in [1.165, 1.54) is 7.11 Å². The fourth-order valence-electron chi connectivity index (χ4n) is 6.43. The van der Waals surface area contributed by atoms with E-state index in [1.807, 2.05) is 55.5 Å². The maximum absolute atomic E-state index is 14.1. The molecule has 2 heterocycles. The molecule has 4 atom stereocenters. The van der Waals surface area contributed by atoms with Gasteiger partial charge in [0.05, 0.1) is 13.0 Å². The molecule has 2 aliphatic heterocycles. The lowest BCUT2D eigenvalue weighted by molar-refractivity contribution is -0.140. The van der Waals surface area contributed by atoms with Crippen LogP contribution in [0.3, 0.4) is 0 Å². The van der Waals surface area contributed by atoms with Crippen molar-refractivity contribution in [3.8, 4) is 5.75 Å². The Morgan fingerprint density at radius 3 is 2.57 bits per heavy atom. The van der Waals surface area contributed by atoms with E-state index in [1.54, 1.807) is 29.2 Å². The second kappa shape index (κ2) is 17.0. The van der Waals surface area contributed by atoms with E-state index >= 15 is 0 Å². The first-order valence-corrected chi connectivity index (χ1v) is 17.0. The van der Waals surface area contributed by atoms with E-state index in [4.69, 9.17) is 15.2 Å². The van der Waals surface area contributed by atoms with Gasteiger partial charge in [-0.25, -0.2) is 0 Å². The number of nitrogens with two attached hydrogens (primary N) is 1. The minimum atomic E-state index is -1.25. The zero-order valence-corrected chi connectivity index (χ0v) is 28.3. The summed E-state index contributed by atoms with van der Waals surface area (Å²) in [5.74, 6) is -0.862. The lowest BCUT2D eigenvalue weighted by Gasteiger charge is -2.34. The molecular weight excluding hydrogens is 622 g/mol. The number of nitrogens with zero attached hydrogens (tertiary/aromatic N) is 1. The number of aryl methyl sites for hydroxylation is 2. The first-order valence-electron chi connectivity index (χ1n) is 17.0. The molecular formula is C38H47N5O6. The Bertz CT molecular complexity index is 1600. The van der Waals surface area contributed by atoms with Crippen molar-refractivity contribution in [3.63, 3.8) is 0 Å². The minimum absolute atomic E-state index is 0.243. The molecule has 0 saturated carbocycles. The number of carbonyl (C=O) groups is 4. The number of ether oxygens (including phenoxy) is 2. The molecule has 2 unspecified atom stereocenters. The number of nitrogen functional groups attached to an aromatic ring is 1. The maximum Gasteiger partial charge on any atom is 0.254 e. The summed E-state index contributed by atoms with van der Waals surface area (Å²) in [7, 11) is 1.40. The number of methoxy groups -OCH3 is 1. The summed E-state index contributed by atoms with van der Waals surface area (Å²) in [6.07, 6.45) is 2.08. The van der Waals surface area contributed by atoms with E-state index < -0.39 is 30.0 Å². The van der Waals surface area contributed by atoms with Crippen LogP contribution in [-0.2, 0) is 36.9 Å². The number of carbonyl (C=O) groups excluding carboxylic acids is 4. The molecule has 0 radical (unpaired) electrons. The average Bonchev–Trinajstić information content (AvgIpc) is 3.11. The Morgan fingerprint density at radius 2 is 1.82 bits per heavy atom. The number of rotatable bonds is 7. The van der Waals surface area contributed by atoms with Crippen molar-refractivity contribution in [2.75, 3.05) is 32.5 Å². The Morgan fingerprint density at radius 1 is 1.04 bits per heavy atom. The monoisotopic (exact) mass is 669 g/mol. The van der Waals surface area contributed by atoms with Gasteiger partial charge in [-0.3, -0.25) is 19.2 Å². The summed E-state index contributed by atoms with van der Waals surface area (Å²) in [4.78, 5) is 56.9. The lowest BCUT2D eigenvalue weighted by atomic mass is 9.94. The van der Waals surface area contributed by atoms with Crippen LogP contribution in [0.25, 0.3) is 0 Å². The fraction of sp³-hybridized carbons (Fsp3) is 0.421. The topological polar surface area (TPSA) is 152 Å². The summed E-state index contributed by atoms with van der Waals surface area (Å²) in [6.45, 7) is 3.82. The highest BCUT2D eigenvalue weighted by Gasteiger charge is 2.33. The fourth-order valence-corrected chi connectivity index (χ4v) is 6.43. The van der Waals surface area contributed by atoms with Gasteiger partial charge in [-0.05, 0) is 91.5 Å². The molecule has 2 aliphatic rings. The number of benzene rings is 3. The average molecular weight is 670 g/mol. The van der Waals surface area contributed by atoms with E-state index in [0.717, 1.165) is 41.7 Å². The van der Waals surface area contributed by atoms with Gasteiger partial charge in [0, 0.05) is 32.4 Å². The number of amides is 4. The van der Waals surface area contributed by atoms with Crippen LogP contribution in [0.1, 0.15) is 60.5 Å². The summed E-state index contributed by atoms with van der Waals surface area (Å²) in [5, 5.41) is 8.64. The molecule has 11 heteroatoms.